The lowest BCUT2D eigenvalue weighted by molar-refractivity contribution is 0.0730. The SMILES string of the molecule is CCCCCCOc1ccc(C2c3c(-c4cc(Cl)c(C)cc4O)n[nH]c3C(=O)N2Cc2ccccc2)cc1. The van der Waals surface area contributed by atoms with E-state index in [2.05, 4.69) is 17.1 Å². The van der Waals surface area contributed by atoms with E-state index in [1.165, 1.54) is 12.8 Å². The first kappa shape index (κ1) is 25.9. The van der Waals surface area contributed by atoms with Crippen molar-refractivity contribution in [3.8, 4) is 22.8 Å². The van der Waals surface area contributed by atoms with Gasteiger partial charge in [0.05, 0.1) is 12.6 Å². The van der Waals surface area contributed by atoms with Crippen LogP contribution in [0.4, 0.5) is 0 Å². The van der Waals surface area contributed by atoms with Gasteiger partial charge in [-0.1, -0.05) is 80.3 Å². The summed E-state index contributed by atoms with van der Waals surface area (Å²) in [6.45, 7) is 5.15. The number of phenols is 1. The maximum atomic E-state index is 13.7. The van der Waals surface area contributed by atoms with Crippen molar-refractivity contribution < 1.29 is 14.6 Å². The average Bonchev–Trinajstić information content (AvgIpc) is 3.46. The molecule has 2 N–H and O–H groups in total. The summed E-state index contributed by atoms with van der Waals surface area (Å²) >= 11 is 6.42. The van der Waals surface area contributed by atoms with E-state index in [-0.39, 0.29) is 11.7 Å². The third kappa shape index (κ3) is 5.14. The Labute approximate surface area is 228 Å². The smallest absolute Gasteiger partial charge is 0.273 e. The quantitative estimate of drug-likeness (QED) is 0.209. The Kier molecular flexibility index (Phi) is 7.70. The zero-order valence-electron chi connectivity index (χ0n) is 21.7. The number of nitrogens with zero attached hydrogens (tertiary/aromatic N) is 2. The third-order valence-corrected chi connectivity index (χ3v) is 7.46. The average molecular weight is 530 g/mol. The van der Waals surface area contributed by atoms with E-state index in [0.717, 1.165) is 40.8 Å². The van der Waals surface area contributed by atoms with E-state index in [1.807, 2.05) is 66.4 Å². The normalized spacial score (nSPS) is 14.7. The van der Waals surface area contributed by atoms with Crippen LogP contribution in [0.3, 0.4) is 0 Å². The Morgan fingerprint density at radius 3 is 2.55 bits per heavy atom. The molecule has 196 valence electrons. The highest BCUT2D eigenvalue weighted by molar-refractivity contribution is 6.31. The van der Waals surface area contributed by atoms with Crippen LogP contribution in [-0.4, -0.2) is 32.7 Å². The van der Waals surface area contributed by atoms with Crippen molar-refractivity contribution in [1.82, 2.24) is 15.1 Å². The van der Waals surface area contributed by atoms with E-state index in [9.17, 15) is 9.90 Å². The molecule has 0 saturated carbocycles. The van der Waals surface area contributed by atoms with Crippen molar-refractivity contribution in [3.05, 3.63) is 99.7 Å². The molecule has 1 amide bonds. The highest BCUT2D eigenvalue weighted by atomic mass is 35.5. The molecule has 4 aromatic rings. The molecule has 6 nitrogen and oxygen atoms in total. The van der Waals surface area contributed by atoms with E-state index in [1.54, 1.807) is 12.1 Å². The van der Waals surface area contributed by atoms with Gasteiger partial charge in [-0.15, -0.1) is 0 Å². The predicted molar refractivity (Wildman–Crippen MR) is 150 cm³/mol. The number of phenolic OH excluding ortho intramolecular Hbond substituents is 1. The largest absolute Gasteiger partial charge is 0.507 e. The van der Waals surface area contributed by atoms with Crippen LogP contribution in [0.15, 0.2) is 66.7 Å². The van der Waals surface area contributed by atoms with Gasteiger partial charge in [-0.25, -0.2) is 0 Å². The molecule has 0 saturated heterocycles. The highest BCUT2D eigenvalue weighted by Gasteiger charge is 2.42. The second kappa shape index (κ2) is 11.3. The maximum absolute atomic E-state index is 13.7. The van der Waals surface area contributed by atoms with Crippen LogP contribution in [0, 0.1) is 6.92 Å². The minimum atomic E-state index is -0.399. The number of carbonyl (C=O) groups is 1. The summed E-state index contributed by atoms with van der Waals surface area (Å²) in [6, 6.07) is 20.8. The summed E-state index contributed by atoms with van der Waals surface area (Å²) in [6.07, 6.45) is 4.60. The minimum absolute atomic E-state index is 0.0701. The van der Waals surface area contributed by atoms with Crippen molar-refractivity contribution in [2.24, 2.45) is 0 Å². The molecule has 1 aromatic heterocycles. The zero-order chi connectivity index (χ0) is 26.6. The summed E-state index contributed by atoms with van der Waals surface area (Å²) in [7, 11) is 0. The number of amides is 1. The molecule has 0 aliphatic carbocycles. The number of rotatable bonds is 10. The standard InChI is InChI=1S/C31H32ClN3O3/c1-3-4-5-9-16-38-23-14-12-22(13-15-23)30-27-28(24-18-25(32)20(2)17-26(24)36)33-34-29(27)31(37)35(30)19-21-10-7-6-8-11-21/h6-8,10-15,17-18,30,36H,3-5,9,16,19H2,1-2H3,(H,33,34). The molecule has 38 heavy (non-hydrogen) atoms. The number of aromatic hydroxyl groups is 1. The van der Waals surface area contributed by atoms with E-state index >= 15 is 0 Å². The molecule has 1 atom stereocenters. The first-order chi connectivity index (χ1) is 18.5. The van der Waals surface area contributed by atoms with Gasteiger partial charge in [-0.3, -0.25) is 9.89 Å². The number of nitrogens with one attached hydrogen (secondary N) is 1. The fraction of sp³-hybridized carbons (Fsp3) is 0.290. The number of carbonyl (C=O) groups excluding carboxylic acids is 1. The fourth-order valence-electron chi connectivity index (χ4n) is 5.01. The molecule has 0 radical (unpaired) electrons. The molecule has 7 heteroatoms. The molecule has 1 aliphatic heterocycles. The number of halogens is 1. The van der Waals surface area contributed by atoms with Crippen LogP contribution < -0.4 is 4.74 Å². The van der Waals surface area contributed by atoms with Crippen LogP contribution in [0.2, 0.25) is 5.02 Å². The van der Waals surface area contributed by atoms with Crippen molar-refractivity contribution in [3.63, 3.8) is 0 Å². The first-order valence-electron chi connectivity index (χ1n) is 13.1. The zero-order valence-corrected chi connectivity index (χ0v) is 22.5. The number of ether oxygens (including phenoxy) is 1. The van der Waals surface area contributed by atoms with Crippen molar-refractivity contribution in [2.45, 2.75) is 52.1 Å². The Morgan fingerprint density at radius 2 is 1.82 bits per heavy atom. The lowest BCUT2D eigenvalue weighted by atomic mass is 9.95. The van der Waals surface area contributed by atoms with Gasteiger partial charge in [0.25, 0.3) is 5.91 Å². The van der Waals surface area contributed by atoms with Gasteiger partial charge in [0.1, 0.15) is 22.9 Å². The number of unbranched alkanes of at least 4 members (excludes halogenated alkanes) is 3. The van der Waals surface area contributed by atoms with Gasteiger partial charge in [-0.05, 0) is 54.3 Å². The second-order valence-electron chi connectivity index (χ2n) is 9.78. The first-order valence-corrected chi connectivity index (χ1v) is 13.5. The summed E-state index contributed by atoms with van der Waals surface area (Å²) in [5.41, 5.74) is 4.89. The van der Waals surface area contributed by atoms with E-state index < -0.39 is 6.04 Å². The molecule has 3 aromatic carbocycles. The number of H-pyrrole nitrogens is 1. The molecule has 2 heterocycles. The van der Waals surface area contributed by atoms with Gasteiger partial charge in [0.15, 0.2) is 0 Å². The van der Waals surface area contributed by atoms with Crippen LogP contribution in [-0.2, 0) is 6.54 Å². The van der Waals surface area contributed by atoms with Crippen LogP contribution in [0.1, 0.15) is 71.4 Å². The predicted octanol–water partition coefficient (Wildman–Crippen LogP) is 7.45. The Hall–Kier alpha value is -3.77. The van der Waals surface area contributed by atoms with Gasteiger partial charge in [-0.2, -0.15) is 5.10 Å². The molecule has 0 bridgehead atoms. The lowest BCUT2D eigenvalue weighted by Crippen LogP contribution is -2.29. The molecule has 1 aliphatic rings. The maximum Gasteiger partial charge on any atom is 0.273 e. The van der Waals surface area contributed by atoms with Crippen LogP contribution in [0.5, 0.6) is 11.5 Å². The molecule has 0 fully saturated rings. The Bertz CT molecular complexity index is 1420. The highest BCUT2D eigenvalue weighted by Crippen LogP contribution is 2.46. The monoisotopic (exact) mass is 529 g/mol. The van der Waals surface area contributed by atoms with Gasteiger partial charge >= 0.3 is 0 Å². The van der Waals surface area contributed by atoms with E-state index in [4.69, 9.17) is 16.3 Å². The second-order valence-corrected chi connectivity index (χ2v) is 10.2. The summed E-state index contributed by atoms with van der Waals surface area (Å²) in [5, 5.41) is 18.7. The van der Waals surface area contributed by atoms with Gasteiger partial charge in [0, 0.05) is 22.7 Å². The third-order valence-electron chi connectivity index (χ3n) is 7.05. The Morgan fingerprint density at radius 1 is 1.05 bits per heavy atom. The number of benzene rings is 3. The summed E-state index contributed by atoms with van der Waals surface area (Å²) in [4.78, 5) is 15.5. The Balaban J connectivity index is 1.52. The number of hydrogen-bond acceptors (Lipinski definition) is 4. The number of aromatic nitrogens is 2. The number of hydrogen-bond donors (Lipinski definition) is 2. The van der Waals surface area contributed by atoms with Gasteiger partial charge in [0.2, 0.25) is 0 Å². The fourth-order valence-corrected chi connectivity index (χ4v) is 5.18. The molecular weight excluding hydrogens is 498 g/mol. The van der Waals surface area contributed by atoms with Crippen LogP contribution in [0.25, 0.3) is 11.3 Å². The molecular formula is C31H32ClN3O3. The van der Waals surface area contributed by atoms with E-state index in [0.29, 0.717) is 35.1 Å². The topological polar surface area (TPSA) is 78.5 Å². The van der Waals surface area contributed by atoms with Gasteiger partial charge < -0.3 is 14.7 Å². The van der Waals surface area contributed by atoms with Crippen molar-refractivity contribution in [1.29, 1.82) is 0 Å². The summed E-state index contributed by atoms with van der Waals surface area (Å²) < 4.78 is 5.95. The van der Waals surface area contributed by atoms with Crippen molar-refractivity contribution in [2.75, 3.05) is 6.61 Å². The number of fused-ring (bicyclic) bond motifs is 1. The molecule has 0 spiro atoms. The lowest BCUT2D eigenvalue weighted by Gasteiger charge is -2.27. The van der Waals surface area contributed by atoms with Crippen molar-refractivity contribution >= 4 is 17.5 Å². The molecule has 5 rings (SSSR count). The van der Waals surface area contributed by atoms with Crippen LogP contribution >= 0.6 is 11.6 Å². The molecule has 1 unspecified atom stereocenters. The number of aromatic amines is 1. The number of aryl methyl sites for hydroxylation is 1. The minimum Gasteiger partial charge on any atom is -0.507 e. The summed E-state index contributed by atoms with van der Waals surface area (Å²) in [5.74, 6) is 0.738.